The number of benzene rings is 2. The Hall–Kier alpha value is -3.44. The molecule has 1 aromatic heterocycles. The molecule has 0 fully saturated rings. The molecular weight excluding hydrogens is 551 g/mol. The summed E-state index contributed by atoms with van der Waals surface area (Å²) < 4.78 is 4.70. The quantitative estimate of drug-likeness (QED) is 0.310. The Labute approximate surface area is 223 Å². The molecule has 4 rings (SSSR count). The number of imide groups is 1. The van der Waals surface area contributed by atoms with Crippen LogP contribution in [-0.2, 0) is 14.3 Å². The van der Waals surface area contributed by atoms with Gasteiger partial charge in [-0.15, -0.1) is 0 Å². The van der Waals surface area contributed by atoms with Gasteiger partial charge < -0.3 is 10.1 Å². The summed E-state index contributed by atoms with van der Waals surface area (Å²) in [4.78, 5) is 55.6. The number of thiazole rings is 1. The van der Waals surface area contributed by atoms with Crippen molar-refractivity contribution in [1.82, 2.24) is 4.98 Å². The van der Waals surface area contributed by atoms with Crippen molar-refractivity contribution in [3.05, 3.63) is 79.4 Å². The van der Waals surface area contributed by atoms with Crippen molar-refractivity contribution >= 4 is 86.3 Å². The summed E-state index contributed by atoms with van der Waals surface area (Å²) >= 11 is 19.2. The fourth-order valence-corrected chi connectivity index (χ4v) is 4.86. The number of halogens is 3. The topological polar surface area (TPSA) is 118 Å². The van der Waals surface area contributed by atoms with E-state index in [1.807, 2.05) is 0 Å². The van der Waals surface area contributed by atoms with Crippen LogP contribution in [0.2, 0.25) is 10.0 Å². The molecule has 0 aliphatic carbocycles. The molecular formula is C23H15Cl3N4O5S. The second-order valence-electron chi connectivity index (χ2n) is 7.32. The zero-order chi connectivity index (χ0) is 26.1. The highest BCUT2D eigenvalue weighted by atomic mass is 35.5. The molecule has 3 aromatic rings. The second-order valence-corrected chi connectivity index (χ2v) is 9.54. The van der Waals surface area contributed by atoms with Crippen LogP contribution in [0.25, 0.3) is 0 Å². The molecule has 2 heterocycles. The number of hydrogen-bond donors (Lipinski definition) is 2. The molecule has 2 aromatic carbocycles. The predicted molar refractivity (Wildman–Crippen MR) is 138 cm³/mol. The van der Waals surface area contributed by atoms with Crippen LogP contribution in [0.15, 0.2) is 53.2 Å². The van der Waals surface area contributed by atoms with E-state index in [0.29, 0.717) is 16.4 Å². The summed E-state index contributed by atoms with van der Waals surface area (Å²) in [6.45, 7) is 1.63. The van der Waals surface area contributed by atoms with Gasteiger partial charge in [0, 0.05) is 16.3 Å². The van der Waals surface area contributed by atoms with Crippen LogP contribution in [0.4, 0.5) is 16.5 Å². The van der Waals surface area contributed by atoms with Gasteiger partial charge in [-0.1, -0.05) is 52.2 Å². The largest absolute Gasteiger partial charge is 0.465 e. The van der Waals surface area contributed by atoms with Crippen LogP contribution in [0.5, 0.6) is 0 Å². The van der Waals surface area contributed by atoms with Gasteiger partial charge in [0.1, 0.15) is 15.6 Å². The summed E-state index contributed by atoms with van der Waals surface area (Å²) in [6, 6.07) is 10.5. The second kappa shape index (κ2) is 10.3. The van der Waals surface area contributed by atoms with E-state index in [2.05, 4.69) is 15.6 Å². The summed E-state index contributed by atoms with van der Waals surface area (Å²) in [5.74, 6) is -2.54. The summed E-state index contributed by atoms with van der Waals surface area (Å²) in [6.07, 6.45) is 0. The molecule has 13 heteroatoms. The first kappa shape index (κ1) is 25.6. The molecule has 2 N–H and O–H groups in total. The maximum Gasteiger partial charge on any atom is 0.350 e. The highest BCUT2D eigenvalue weighted by molar-refractivity contribution is 7.17. The average Bonchev–Trinajstić information content (AvgIpc) is 3.31. The minimum absolute atomic E-state index is 0.0985. The number of carbonyl (C=O) groups excluding carboxylic acids is 4. The van der Waals surface area contributed by atoms with Gasteiger partial charge in [0.2, 0.25) is 0 Å². The summed E-state index contributed by atoms with van der Waals surface area (Å²) in [5, 5.41) is 5.75. The van der Waals surface area contributed by atoms with Crippen molar-refractivity contribution in [2.75, 3.05) is 22.6 Å². The molecule has 9 nitrogen and oxygen atoms in total. The van der Waals surface area contributed by atoms with Crippen LogP contribution in [0.1, 0.15) is 25.7 Å². The van der Waals surface area contributed by atoms with E-state index >= 15 is 0 Å². The van der Waals surface area contributed by atoms with Crippen molar-refractivity contribution in [3.8, 4) is 0 Å². The van der Waals surface area contributed by atoms with Gasteiger partial charge in [-0.3, -0.25) is 19.7 Å². The van der Waals surface area contributed by atoms with Crippen molar-refractivity contribution in [3.63, 3.8) is 0 Å². The van der Waals surface area contributed by atoms with Gasteiger partial charge in [-0.25, -0.2) is 14.7 Å². The van der Waals surface area contributed by atoms with Crippen molar-refractivity contribution in [2.45, 2.75) is 6.92 Å². The first-order chi connectivity index (χ1) is 17.1. The molecule has 3 amide bonds. The maximum absolute atomic E-state index is 13.0. The molecule has 0 saturated heterocycles. The highest BCUT2D eigenvalue weighted by Crippen LogP contribution is 2.35. The molecule has 184 valence electrons. The van der Waals surface area contributed by atoms with Crippen LogP contribution >= 0.6 is 46.1 Å². The van der Waals surface area contributed by atoms with E-state index < -0.39 is 23.7 Å². The normalized spacial score (nSPS) is 13.3. The fourth-order valence-electron chi connectivity index (χ4n) is 3.28. The number of rotatable bonds is 6. The highest BCUT2D eigenvalue weighted by Gasteiger charge is 2.40. The molecule has 36 heavy (non-hydrogen) atoms. The minimum atomic E-state index is -0.761. The van der Waals surface area contributed by atoms with Crippen LogP contribution in [-0.4, -0.2) is 35.8 Å². The Morgan fingerprint density at radius 2 is 1.81 bits per heavy atom. The number of nitrogens with one attached hydrogen (secondary N) is 2. The third-order valence-corrected chi connectivity index (χ3v) is 6.90. The minimum Gasteiger partial charge on any atom is -0.465 e. The fraction of sp³-hybridized carbons (Fsp3) is 0.0870. The monoisotopic (exact) mass is 564 g/mol. The van der Waals surface area contributed by atoms with Gasteiger partial charge >= 0.3 is 5.97 Å². The van der Waals surface area contributed by atoms with Gasteiger partial charge in [-0.2, -0.15) is 0 Å². The molecule has 1 aliphatic heterocycles. The van der Waals surface area contributed by atoms with E-state index in [0.717, 1.165) is 16.2 Å². The van der Waals surface area contributed by atoms with Gasteiger partial charge in [0.15, 0.2) is 5.13 Å². The van der Waals surface area contributed by atoms with Crippen LogP contribution < -0.4 is 15.5 Å². The molecule has 1 aliphatic rings. The number of hydrogen-bond acceptors (Lipinski definition) is 8. The number of aryl methyl sites for hydroxylation is 1. The van der Waals surface area contributed by atoms with Gasteiger partial charge in [0.05, 0.1) is 23.5 Å². The van der Waals surface area contributed by atoms with Crippen LogP contribution in [0.3, 0.4) is 0 Å². The lowest BCUT2D eigenvalue weighted by Gasteiger charge is -2.16. The number of aromatic nitrogens is 1. The maximum atomic E-state index is 13.0. The molecule has 0 atom stereocenters. The van der Waals surface area contributed by atoms with Crippen LogP contribution in [0, 0.1) is 6.92 Å². The van der Waals surface area contributed by atoms with Crippen molar-refractivity contribution in [2.24, 2.45) is 0 Å². The van der Waals surface area contributed by atoms with Gasteiger partial charge in [0.25, 0.3) is 17.7 Å². The number of anilines is 3. The summed E-state index contributed by atoms with van der Waals surface area (Å²) in [7, 11) is 1.26. The number of esters is 1. The van der Waals surface area contributed by atoms with Gasteiger partial charge in [-0.05, 0) is 43.3 Å². The lowest BCUT2D eigenvalue weighted by Crippen LogP contribution is -2.32. The Morgan fingerprint density at radius 3 is 2.50 bits per heavy atom. The Bertz CT molecular complexity index is 1470. The predicted octanol–water partition coefficient (Wildman–Crippen LogP) is 5.23. The number of carbonyl (C=O) groups is 4. The molecule has 0 unspecified atom stereocenters. The number of ether oxygens (including phenoxy) is 1. The molecule has 0 radical (unpaired) electrons. The Balaban J connectivity index is 1.53. The summed E-state index contributed by atoms with van der Waals surface area (Å²) in [5.41, 5.74) is 0.923. The molecule has 0 saturated carbocycles. The SMILES string of the molecule is COC(=O)c1sc(NC(=O)c2cccc(NC3=C(Cl)C(=O)N(c4ccc(Cl)cc4Cl)C3=O)c2)nc1C. The third kappa shape index (κ3) is 4.93. The van der Waals surface area contributed by atoms with E-state index in [-0.39, 0.29) is 37.0 Å². The van der Waals surface area contributed by atoms with E-state index in [9.17, 15) is 19.2 Å². The number of methoxy groups -OCH3 is 1. The van der Waals surface area contributed by atoms with Crippen molar-refractivity contribution in [1.29, 1.82) is 0 Å². The average molecular weight is 566 g/mol. The Morgan fingerprint density at radius 1 is 1.06 bits per heavy atom. The number of nitrogens with zero attached hydrogens (tertiary/aromatic N) is 2. The van der Waals surface area contributed by atoms with Crippen molar-refractivity contribution < 1.29 is 23.9 Å². The zero-order valence-corrected chi connectivity index (χ0v) is 21.6. The lowest BCUT2D eigenvalue weighted by molar-refractivity contribution is -0.120. The molecule has 0 bridgehead atoms. The standard InChI is InChI=1S/C23H15Cl3N4O5S/c1-10-18(22(34)35-2)36-23(27-10)29-19(31)11-4-3-5-13(8-11)28-17-16(26)20(32)30(21(17)33)15-7-6-12(24)9-14(15)25/h3-9,28H,1-2H3,(H,27,29,31). The van der Waals surface area contributed by atoms with E-state index in [1.165, 1.54) is 31.4 Å². The Kier molecular flexibility index (Phi) is 7.32. The first-order valence-electron chi connectivity index (χ1n) is 10.1. The number of amides is 3. The first-order valence-corrected chi connectivity index (χ1v) is 12.0. The lowest BCUT2D eigenvalue weighted by atomic mass is 10.2. The smallest absolute Gasteiger partial charge is 0.350 e. The van der Waals surface area contributed by atoms with E-state index in [1.54, 1.807) is 25.1 Å². The van der Waals surface area contributed by atoms with E-state index in [4.69, 9.17) is 39.5 Å². The third-order valence-electron chi connectivity index (χ3n) is 4.96. The molecule has 0 spiro atoms. The zero-order valence-electron chi connectivity index (χ0n) is 18.5.